The highest BCUT2D eigenvalue weighted by Gasteiger charge is 2.29. The Labute approximate surface area is 123 Å². The van der Waals surface area contributed by atoms with Gasteiger partial charge in [0.2, 0.25) is 10.0 Å². The summed E-state index contributed by atoms with van der Waals surface area (Å²) in [5.41, 5.74) is 0. The van der Waals surface area contributed by atoms with Crippen molar-refractivity contribution in [1.29, 1.82) is 0 Å². The van der Waals surface area contributed by atoms with E-state index in [1.807, 2.05) is 0 Å². The standard InChI is InChI=1S/C14H29N3O2S/c1-13(2)14-3-7-17(8-4-14)20(18,19)12-11-16-9-5-15-6-10-16/h13-15H,3-12H2,1-2H3. The molecule has 0 spiro atoms. The summed E-state index contributed by atoms with van der Waals surface area (Å²) in [5.74, 6) is 1.63. The molecule has 2 heterocycles. The van der Waals surface area contributed by atoms with E-state index < -0.39 is 10.0 Å². The van der Waals surface area contributed by atoms with Crippen molar-refractivity contribution < 1.29 is 8.42 Å². The van der Waals surface area contributed by atoms with E-state index in [1.54, 1.807) is 4.31 Å². The molecule has 0 radical (unpaired) electrons. The second-order valence-electron chi connectivity index (χ2n) is 6.39. The van der Waals surface area contributed by atoms with Gasteiger partial charge in [-0.1, -0.05) is 13.8 Å². The molecule has 2 aliphatic heterocycles. The normalized spacial score (nSPS) is 24.4. The summed E-state index contributed by atoms with van der Waals surface area (Å²) in [7, 11) is -3.06. The summed E-state index contributed by atoms with van der Waals surface area (Å²) in [6.45, 7) is 10.4. The van der Waals surface area contributed by atoms with Crippen molar-refractivity contribution in [3.63, 3.8) is 0 Å². The Bertz CT molecular complexity index is 383. The summed E-state index contributed by atoms with van der Waals surface area (Å²) < 4.78 is 26.5. The molecule has 2 fully saturated rings. The predicted octanol–water partition coefficient (Wildman–Crippen LogP) is 0.589. The van der Waals surface area contributed by atoms with Gasteiger partial charge < -0.3 is 5.32 Å². The third-order valence-corrected chi connectivity index (χ3v) is 6.56. The van der Waals surface area contributed by atoms with Crippen molar-refractivity contribution in [1.82, 2.24) is 14.5 Å². The zero-order chi connectivity index (χ0) is 14.6. The summed E-state index contributed by atoms with van der Waals surface area (Å²) in [6, 6.07) is 0. The third kappa shape index (κ3) is 4.41. The van der Waals surface area contributed by atoms with Crippen LogP contribution in [-0.4, -0.2) is 69.2 Å². The number of nitrogens with one attached hydrogen (secondary N) is 1. The maximum atomic E-state index is 12.4. The largest absolute Gasteiger partial charge is 0.314 e. The topological polar surface area (TPSA) is 52.7 Å². The third-order valence-electron chi connectivity index (χ3n) is 4.71. The fourth-order valence-corrected chi connectivity index (χ4v) is 4.64. The van der Waals surface area contributed by atoms with E-state index in [0.717, 1.165) is 39.0 Å². The lowest BCUT2D eigenvalue weighted by molar-refractivity contribution is 0.223. The van der Waals surface area contributed by atoms with Gasteiger partial charge in [-0.3, -0.25) is 4.90 Å². The van der Waals surface area contributed by atoms with Gasteiger partial charge in [0.1, 0.15) is 0 Å². The highest BCUT2D eigenvalue weighted by molar-refractivity contribution is 7.89. The molecule has 6 heteroatoms. The van der Waals surface area contributed by atoms with Gasteiger partial charge in [0, 0.05) is 45.8 Å². The van der Waals surface area contributed by atoms with Gasteiger partial charge in [0.15, 0.2) is 0 Å². The first-order chi connectivity index (χ1) is 9.49. The molecular weight excluding hydrogens is 274 g/mol. The molecule has 118 valence electrons. The lowest BCUT2D eigenvalue weighted by Gasteiger charge is -2.34. The smallest absolute Gasteiger partial charge is 0.215 e. The zero-order valence-corrected chi connectivity index (χ0v) is 13.7. The Morgan fingerprint density at radius 3 is 2.25 bits per heavy atom. The molecule has 2 rings (SSSR count). The molecule has 0 aliphatic carbocycles. The fourth-order valence-electron chi connectivity index (χ4n) is 3.13. The lowest BCUT2D eigenvalue weighted by Crippen LogP contribution is -2.47. The average Bonchev–Trinajstić information content (AvgIpc) is 2.46. The molecule has 0 aromatic carbocycles. The first-order valence-corrected chi connectivity index (χ1v) is 9.51. The Morgan fingerprint density at radius 2 is 1.70 bits per heavy atom. The molecule has 0 unspecified atom stereocenters. The van der Waals surface area contributed by atoms with Crippen molar-refractivity contribution in [2.45, 2.75) is 26.7 Å². The minimum Gasteiger partial charge on any atom is -0.314 e. The molecule has 5 nitrogen and oxygen atoms in total. The number of piperidine rings is 1. The van der Waals surface area contributed by atoms with Crippen LogP contribution in [-0.2, 0) is 10.0 Å². The molecule has 0 atom stereocenters. The summed E-state index contributed by atoms with van der Waals surface area (Å²) in [4.78, 5) is 2.24. The van der Waals surface area contributed by atoms with Crippen LogP contribution in [0.1, 0.15) is 26.7 Å². The van der Waals surface area contributed by atoms with Crippen LogP contribution in [0.3, 0.4) is 0 Å². The fraction of sp³-hybridized carbons (Fsp3) is 1.00. The quantitative estimate of drug-likeness (QED) is 0.808. The minimum absolute atomic E-state index is 0.277. The first kappa shape index (κ1) is 16.2. The van der Waals surface area contributed by atoms with Gasteiger partial charge in [-0.05, 0) is 24.7 Å². The number of hydrogen-bond donors (Lipinski definition) is 1. The van der Waals surface area contributed by atoms with Crippen molar-refractivity contribution >= 4 is 10.0 Å². The predicted molar refractivity (Wildman–Crippen MR) is 82.2 cm³/mol. The van der Waals surface area contributed by atoms with E-state index >= 15 is 0 Å². The van der Waals surface area contributed by atoms with Crippen molar-refractivity contribution in [2.75, 3.05) is 51.6 Å². The summed E-state index contributed by atoms with van der Waals surface area (Å²) in [5, 5.41) is 3.29. The van der Waals surface area contributed by atoms with Crippen LogP contribution in [0.4, 0.5) is 0 Å². The molecular formula is C14H29N3O2S. The van der Waals surface area contributed by atoms with Crippen molar-refractivity contribution in [3.8, 4) is 0 Å². The molecule has 2 aliphatic rings. The maximum Gasteiger partial charge on any atom is 0.215 e. The highest BCUT2D eigenvalue weighted by atomic mass is 32.2. The Hall–Kier alpha value is -0.170. The van der Waals surface area contributed by atoms with E-state index in [9.17, 15) is 8.42 Å². The van der Waals surface area contributed by atoms with Crippen molar-refractivity contribution in [2.24, 2.45) is 11.8 Å². The van der Waals surface area contributed by atoms with Crippen LogP contribution in [0.25, 0.3) is 0 Å². The molecule has 0 amide bonds. The van der Waals surface area contributed by atoms with E-state index in [0.29, 0.717) is 31.5 Å². The minimum atomic E-state index is -3.06. The lowest BCUT2D eigenvalue weighted by atomic mass is 9.87. The summed E-state index contributed by atoms with van der Waals surface area (Å²) >= 11 is 0. The number of sulfonamides is 1. The van der Waals surface area contributed by atoms with Gasteiger partial charge in [-0.2, -0.15) is 0 Å². The van der Waals surface area contributed by atoms with Crippen molar-refractivity contribution in [3.05, 3.63) is 0 Å². The number of piperazine rings is 1. The second-order valence-corrected chi connectivity index (χ2v) is 8.48. The number of nitrogens with zero attached hydrogens (tertiary/aromatic N) is 2. The number of hydrogen-bond acceptors (Lipinski definition) is 4. The van der Waals surface area contributed by atoms with Crippen LogP contribution in [0, 0.1) is 11.8 Å². The Kier molecular flexibility index (Phi) is 5.84. The van der Waals surface area contributed by atoms with Gasteiger partial charge in [0.25, 0.3) is 0 Å². The van der Waals surface area contributed by atoms with Crippen LogP contribution >= 0.6 is 0 Å². The van der Waals surface area contributed by atoms with Gasteiger partial charge in [-0.15, -0.1) is 0 Å². The van der Waals surface area contributed by atoms with Crippen LogP contribution in [0.2, 0.25) is 0 Å². The van der Waals surface area contributed by atoms with Gasteiger partial charge >= 0.3 is 0 Å². The molecule has 0 aromatic heterocycles. The molecule has 0 aromatic rings. The molecule has 1 N–H and O–H groups in total. The SMILES string of the molecule is CC(C)C1CCN(S(=O)(=O)CCN2CCNCC2)CC1. The van der Waals surface area contributed by atoms with Crippen LogP contribution < -0.4 is 5.32 Å². The second kappa shape index (κ2) is 7.20. The highest BCUT2D eigenvalue weighted by Crippen LogP contribution is 2.25. The molecule has 2 saturated heterocycles. The monoisotopic (exact) mass is 303 g/mol. The van der Waals surface area contributed by atoms with Gasteiger partial charge in [-0.25, -0.2) is 12.7 Å². The first-order valence-electron chi connectivity index (χ1n) is 7.90. The number of rotatable bonds is 5. The van der Waals surface area contributed by atoms with E-state index in [1.165, 1.54) is 0 Å². The summed E-state index contributed by atoms with van der Waals surface area (Å²) in [6.07, 6.45) is 2.04. The van der Waals surface area contributed by atoms with Crippen LogP contribution in [0.5, 0.6) is 0 Å². The maximum absolute atomic E-state index is 12.4. The van der Waals surface area contributed by atoms with Gasteiger partial charge in [0.05, 0.1) is 5.75 Å². The molecule has 0 bridgehead atoms. The average molecular weight is 303 g/mol. The molecule has 0 saturated carbocycles. The Balaban J connectivity index is 1.78. The zero-order valence-electron chi connectivity index (χ0n) is 12.8. The van der Waals surface area contributed by atoms with E-state index in [-0.39, 0.29) is 5.75 Å². The van der Waals surface area contributed by atoms with Crippen LogP contribution in [0.15, 0.2) is 0 Å². The molecule has 20 heavy (non-hydrogen) atoms. The van der Waals surface area contributed by atoms with E-state index in [2.05, 4.69) is 24.1 Å². The Morgan fingerprint density at radius 1 is 1.10 bits per heavy atom. The van der Waals surface area contributed by atoms with E-state index in [4.69, 9.17) is 0 Å².